The summed E-state index contributed by atoms with van der Waals surface area (Å²) < 4.78 is 0. The summed E-state index contributed by atoms with van der Waals surface area (Å²) in [6.45, 7) is 2.64. The number of benzene rings is 2. The van der Waals surface area contributed by atoms with Crippen LogP contribution in [0, 0.1) is 6.92 Å². The van der Waals surface area contributed by atoms with Gasteiger partial charge in [-0.05, 0) is 36.8 Å². The summed E-state index contributed by atoms with van der Waals surface area (Å²) in [6.07, 6.45) is 1.66. The van der Waals surface area contributed by atoms with Gasteiger partial charge in [0.15, 0.2) is 0 Å². The maximum absolute atomic E-state index is 13.3. The van der Waals surface area contributed by atoms with Crippen molar-refractivity contribution in [3.8, 4) is 0 Å². The number of anilines is 1. The van der Waals surface area contributed by atoms with Gasteiger partial charge in [-0.1, -0.05) is 35.9 Å². The predicted octanol–water partition coefficient (Wildman–Crippen LogP) is -0.211. The molecular formula is C29H38N8O4. The van der Waals surface area contributed by atoms with Crippen LogP contribution < -0.4 is 33.2 Å². The third-order valence-electron chi connectivity index (χ3n) is 6.39. The molecular weight excluding hydrogens is 524 g/mol. The summed E-state index contributed by atoms with van der Waals surface area (Å²) in [6, 6.07) is 14.6. The number of rotatable bonds is 14. The van der Waals surface area contributed by atoms with Crippen molar-refractivity contribution in [2.24, 2.45) is 17.2 Å². The van der Waals surface area contributed by atoms with E-state index >= 15 is 0 Å². The van der Waals surface area contributed by atoms with Crippen LogP contribution in [0.15, 0.2) is 60.8 Å². The third kappa shape index (κ3) is 9.64. The zero-order chi connectivity index (χ0) is 29.8. The Morgan fingerprint density at radius 2 is 1.66 bits per heavy atom. The van der Waals surface area contributed by atoms with Crippen molar-refractivity contribution in [2.45, 2.75) is 31.8 Å². The van der Waals surface area contributed by atoms with Gasteiger partial charge in [0.25, 0.3) is 0 Å². The summed E-state index contributed by atoms with van der Waals surface area (Å²) in [5, 5.41) is 8.86. The highest BCUT2D eigenvalue weighted by molar-refractivity contribution is 5.99. The second kappa shape index (κ2) is 15.4. The van der Waals surface area contributed by atoms with E-state index in [1.54, 1.807) is 30.5 Å². The van der Waals surface area contributed by atoms with Gasteiger partial charge in [0, 0.05) is 49.9 Å². The Kier molecular flexibility index (Phi) is 11.7. The van der Waals surface area contributed by atoms with Gasteiger partial charge < -0.3 is 38.1 Å². The number of pyridine rings is 1. The third-order valence-corrected chi connectivity index (χ3v) is 6.39. The number of hydrogen-bond donors (Lipinski definition) is 6. The minimum Gasteiger partial charge on any atom is -0.346 e. The first-order valence-corrected chi connectivity index (χ1v) is 13.4. The molecule has 4 amide bonds. The molecule has 0 fully saturated rings. The van der Waals surface area contributed by atoms with E-state index < -0.39 is 36.3 Å². The van der Waals surface area contributed by atoms with E-state index in [4.69, 9.17) is 17.2 Å². The molecule has 0 radical (unpaired) electrons. The number of aromatic nitrogens is 1. The van der Waals surface area contributed by atoms with Gasteiger partial charge in [0.2, 0.25) is 23.6 Å². The Morgan fingerprint density at radius 3 is 2.34 bits per heavy atom. The topological polar surface area (TPSA) is 199 Å². The number of aryl methyl sites for hydroxylation is 1. The average molecular weight is 563 g/mol. The van der Waals surface area contributed by atoms with E-state index in [0.29, 0.717) is 18.8 Å². The van der Waals surface area contributed by atoms with Gasteiger partial charge in [-0.25, -0.2) is 0 Å². The van der Waals surface area contributed by atoms with Gasteiger partial charge in [0.05, 0.1) is 24.5 Å². The van der Waals surface area contributed by atoms with Crippen LogP contribution in [-0.2, 0) is 25.6 Å². The van der Waals surface area contributed by atoms with Gasteiger partial charge in [-0.2, -0.15) is 0 Å². The van der Waals surface area contributed by atoms with Crippen molar-refractivity contribution >= 4 is 40.2 Å². The van der Waals surface area contributed by atoms with Crippen LogP contribution in [0.2, 0.25) is 0 Å². The lowest BCUT2D eigenvalue weighted by Crippen LogP contribution is -2.51. The molecule has 9 N–H and O–H groups in total. The second-order valence-corrected chi connectivity index (χ2v) is 9.70. The number of carbonyl (C=O) groups is 4. The van der Waals surface area contributed by atoms with E-state index in [0.717, 1.165) is 22.0 Å². The first-order valence-electron chi connectivity index (χ1n) is 13.4. The molecule has 3 aromatic rings. The number of hydrogen-bond acceptors (Lipinski definition) is 8. The van der Waals surface area contributed by atoms with Crippen LogP contribution in [0.1, 0.15) is 17.5 Å². The number of amides is 4. The van der Waals surface area contributed by atoms with E-state index in [9.17, 15) is 19.2 Å². The summed E-state index contributed by atoms with van der Waals surface area (Å²) in [5.41, 5.74) is 20.2. The molecule has 2 atom stereocenters. The van der Waals surface area contributed by atoms with E-state index in [1.807, 2.05) is 37.3 Å². The van der Waals surface area contributed by atoms with Crippen molar-refractivity contribution in [1.82, 2.24) is 20.5 Å². The predicted molar refractivity (Wildman–Crippen MR) is 157 cm³/mol. The first-order chi connectivity index (χ1) is 19.7. The molecule has 0 aliphatic rings. The van der Waals surface area contributed by atoms with Crippen LogP contribution in [0.4, 0.5) is 5.69 Å². The molecule has 12 nitrogen and oxygen atoms in total. The molecule has 3 rings (SSSR count). The highest BCUT2D eigenvalue weighted by Crippen LogP contribution is 2.17. The van der Waals surface area contributed by atoms with Crippen molar-refractivity contribution in [3.05, 3.63) is 71.9 Å². The number of nitrogens with two attached hydrogens (primary N) is 3. The highest BCUT2D eigenvalue weighted by atomic mass is 16.2. The molecule has 218 valence electrons. The normalized spacial score (nSPS) is 12.3. The largest absolute Gasteiger partial charge is 0.346 e. The van der Waals surface area contributed by atoms with Crippen molar-refractivity contribution in [3.63, 3.8) is 0 Å². The maximum Gasteiger partial charge on any atom is 0.247 e. The smallest absolute Gasteiger partial charge is 0.247 e. The summed E-state index contributed by atoms with van der Waals surface area (Å²) in [4.78, 5) is 56.7. The molecule has 0 spiro atoms. The Morgan fingerprint density at radius 1 is 0.951 bits per heavy atom. The van der Waals surface area contributed by atoms with E-state index in [2.05, 4.69) is 20.9 Å². The molecule has 0 saturated heterocycles. The van der Waals surface area contributed by atoms with Crippen LogP contribution in [0.25, 0.3) is 10.9 Å². The van der Waals surface area contributed by atoms with E-state index in [1.165, 1.54) is 4.90 Å². The molecule has 41 heavy (non-hydrogen) atoms. The van der Waals surface area contributed by atoms with Crippen LogP contribution >= 0.6 is 0 Å². The molecule has 0 saturated carbocycles. The Balaban J connectivity index is 1.62. The number of nitrogens with one attached hydrogen (secondary N) is 3. The highest BCUT2D eigenvalue weighted by Gasteiger charge is 2.24. The van der Waals surface area contributed by atoms with E-state index in [-0.39, 0.29) is 31.8 Å². The molecule has 0 unspecified atom stereocenters. The minimum atomic E-state index is -1.16. The van der Waals surface area contributed by atoms with Crippen LogP contribution in [-0.4, -0.2) is 78.3 Å². The van der Waals surface area contributed by atoms with Crippen molar-refractivity contribution in [1.29, 1.82) is 0 Å². The van der Waals surface area contributed by atoms with Gasteiger partial charge in [-0.3, -0.25) is 24.2 Å². The Bertz CT molecular complexity index is 1340. The van der Waals surface area contributed by atoms with Crippen molar-refractivity contribution < 1.29 is 19.2 Å². The Labute approximate surface area is 239 Å². The SMILES string of the molecule is Cc1ccc(C[C@@H](NC(=O)CNC(=O)[C@@H](N)CC(=O)N(CCN)CCN)C(=O)Nc2ccc3ncccc3c2)cc1. The van der Waals surface area contributed by atoms with Gasteiger partial charge in [0.1, 0.15) is 6.04 Å². The standard InChI is InChI=1S/C29H38N8O4/c1-19-4-6-20(7-5-19)15-25(29(41)35-22-8-9-24-21(16-22)3-2-12-33-24)36-26(38)18-34-28(40)23(32)17-27(39)37(13-10-30)14-11-31/h2-9,12,16,23,25H,10-11,13-15,17-18,30-32H2,1H3,(H,34,40)(H,35,41)(H,36,38)/t23-,25+/m0/s1. The summed E-state index contributed by atoms with van der Waals surface area (Å²) in [5.74, 6) is -2.03. The second-order valence-electron chi connectivity index (χ2n) is 9.70. The van der Waals surface area contributed by atoms with Crippen LogP contribution in [0.5, 0.6) is 0 Å². The Hall–Kier alpha value is -4.39. The molecule has 12 heteroatoms. The fraction of sp³-hybridized carbons (Fsp3) is 0.345. The van der Waals surface area contributed by atoms with Gasteiger partial charge >= 0.3 is 0 Å². The average Bonchev–Trinajstić information content (AvgIpc) is 2.96. The molecule has 0 bridgehead atoms. The maximum atomic E-state index is 13.3. The van der Waals surface area contributed by atoms with Crippen molar-refractivity contribution in [2.75, 3.05) is 38.0 Å². The summed E-state index contributed by atoms with van der Waals surface area (Å²) in [7, 11) is 0. The molecule has 0 aliphatic carbocycles. The quantitative estimate of drug-likeness (QED) is 0.155. The number of carbonyl (C=O) groups excluding carboxylic acids is 4. The lowest BCUT2D eigenvalue weighted by Gasteiger charge is -2.23. The molecule has 1 heterocycles. The van der Waals surface area contributed by atoms with Crippen LogP contribution in [0.3, 0.4) is 0 Å². The fourth-order valence-corrected chi connectivity index (χ4v) is 4.18. The number of nitrogens with zero attached hydrogens (tertiary/aromatic N) is 2. The van der Waals surface area contributed by atoms with Gasteiger partial charge in [-0.15, -0.1) is 0 Å². The monoisotopic (exact) mass is 562 g/mol. The zero-order valence-electron chi connectivity index (χ0n) is 23.1. The lowest BCUT2D eigenvalue weighted by atomic mass is 10.0. The first kappa shape index (κ1) is 31.1. The minimum absolute atomic E-state index is 0.229. The fourth-order valence-electron chi connectivity index (χ4n) is 4.18. The molecule has 2 aromatic carbocycles. The summed E-state index contributed by atoms with van der Waals surface area (Å²) >= 11 is 0. The number of fused-ring (bicyclic) bond motifs is 1. The lowest BCUT2D eigenvalue weighted by molar-refractivity contribution is -0.134. The molecule has 0 aliphatic heterocycles. The molecule has 1 aromatic heterocycles. The zero-order valence-corrected chi connectivity index (χ0v) is 23.1.